The lowest BCUT2D eigenvalue weighted by molar-refractivity contribution is -0.120. The van der Waals surface area contributed by atoms with Gasteiger partial charge < -0.3 is 16.0 Å². The van der Waals surface area contributed by atoms with Crippen molar-refractivity contribution in [3.8, 4) is 0 Å². The van der Waals surface area contributed by atoms with Crippen molar-refractivity contribution in [1.29, 1.82) is 0 Å². The monoisotopic (exact) mass is 272 g/mol. The first-order valence-electron chi connectivity index (χ1n) is 6.66. The number of hydrogen-bond donors (Lipinski definition) is 2. The van der Waals surface area contributed by atoms with E-state index in [0.717, 1.165) is 22.3 Å². The van der Waals surface area contributed by atoms with Gasteiger partial charge in [0.2, 0.25) is 5.91 Å². The van der Waals surface area contributed by atoms with Crippen molar-refractivity contribution >= 4 is 22.6 Å². The van der Waals surface area contributed by atoms with Crippen LogP contribution in [0.2, 0.25) is 0 Å². The molecule has 20 heavy (non-hydrogen) atoms. The molecule has 2 aromatic rings. The van der Waals surface area contributed by atoms with Crippen LogP contribution in [0.3, 0.4) is 0 Å². The summed E-state index contributed by atoms with van der Waals surface area (Å²) in [5.41, 5.74) is 7.81. The number of anilines is 1. The predicted octanol–water partition coefficient (Wildman–Crippen LogP) is 1.27. The molecule has 5 nitrogen and oxygen atoms in total. The van der Waals surface area contributed by atoms with E-state index in [0.29, 0.717) is 19.5 Å². The van der Waals surface area contributed by atoms with E-state index >= 15 is 0 Å². The van der Waals surface area contributed by atoms with Crippen molar-refractivity contribution in [3.63, 3.8) is 0 Å². The molecule has 1 heterocycles. The Labute approximate surface area is 118 Å². The average Bonchev–Trinajstić information content (AvgIpc) is 2.50. The number of hydrogen-bond acceptors (Lipinski definition) is 4. The van der Waals surface area contributed by atoms with Gasteiger partial charge in [-0.1, -0.05) is 18.2 Å². The minimum absolute atomic E-state index is 0.0247. The summed E-state index contributed by atoms with van der Waals surface area (Å²) in [4.78, 5) is 17.9. The van der Waals surface area contributed by atoms with Crippen LogP contribution in [0, 0.1) is 0 Å². The normalized spacial score (nSPS) is 10.6. The Morgan fingerprint density at radius 3 is 2.85 bits per heavy atom. The molecule has 0 bridgehead atoms. The van der Waals surface area contributed by atoms with E-state index in [-0.39, 0.29) is 5.91 Å². The number of nitrogens with one attached hydrogen (secondary N) is 1. The van der Waals surface area contributed by atoms with Crippen molar-refractivity contribution in [2.24, 2.45) is 5.73 Å². The van der Waals surface area contributed by atoms with Gasteiger partial charge in [0.1, 0.15) is 5.82 Å². The third-order valence-corrected chi connectivity index (χ3v) is 3.35. The smallest absolute Gasteiger partial charge is 0.221 e. The lowest BCUT2D eigenvalue weighted by atomic mass is 10.1. The fraction of sp³-hybridized carbons (Fsp3) is 0.333. The van der Waals surface area contributed by atoms with Gasteiger partial charge in [-0.3, -0.25) is 4.79 Å². The highest BCUT2D eigenvalue weighted by molar-refractivity contribution is 5.84. The summed E-state index contributed by atoms with van der Waals surface area (Å²) in [6.45, 7) is 1.09. The van der Waals surface area contributed by atoms with Gasteiger partial charge >= 0.3 is 0 Å². The molecule has 0 atom stereocenters. The molecule has 0 aliphatic rings. The van der Waals surface area contributed by atoms with Crippen LogP contribution in [0.25, 0.3) is 10.9 Å². The number of nitrogens with two attached hydrogens (primary N) is 1. The van der Waals surface area contributed by atoms with E-state index in [4.69, 9.17) is 5.73 Å². The van der Waals surface area contributed by atoms with Crippen molar-refractivity contribution in [1.82, 2.24) is 10.3 Å². The number of carbonyl (C=O) groups is 1. The van der Waals surface area contributed by atoms with Crippen molar-refractivity contribution < 1.29 is 4.79 Å². The molecule has 1 aromatic carbocycles. The van der Waals surface area contributed by atoms with Crippen LogP contribution >= 0.6 is 0 Å². The molecule has 106 valence electrons. The second kappa shape index (κ2) is 6.34. The van der Waals surface area contributed by atoms with Gasteiger partial charge in [-0.15, -0.1) is 0 Å². The average molecular weight is 272 g/mol. The standard InChI is InChI=1S/C15H20N4O/c1-17-15(20)7-8-19(2)14-9-11(10-16)12-5-3-4-6-13(12)18-14/h3-6,9H,7-8,10,16H2,1-2H3,(H,17,20). The molecule has 0 fully saturated rings. The molecular weight excluding hydrogens is 252 g/mol. The van der Waals surface area contributed by atoms with Crippen molar-refractivity contribution in [2.45, 2.75) is 13.0 Å². The molecule has 0 aliphatic heterocycles. The Kier molecular flexibility index (Phi) is 4.53. The molecule has 0 aliphatic carbocycles. The van der Waals surface area contributed by atoms with Gasteiger partial charge in [0.25, 0.3) is 0 Å². The molecule has 1 amide bonds. The molecule has 0 radical (unpaired) electrons. The highest BCUT2D eigenvalue weighted by Crippen LogP contribution is 2.22. The molecule has 0 saturated carbocycles. The lowest BCUT2D eigenvalue weighted by Crippen LogP contribution is -2.27. The molecule has 5 heteroatoms. The summed E-state index contributed by atoms with van der Waals surface area (Å²) < 4.78 is 0. The zero-order valence-corrected chi connectivity index (χ0v) is 11.9. The minimum atomic E-state index is 0.0247. The fourth-order valence-electron chi connectivity index (χ4n) is 2.11. The highest BCUT2D eigenvalue weighted by atomic mass is 16.1. The number of pyridine rings is 1. The number of fused-ring (bicyclic) bond motifs is 1. The molecule has 3 N–H and O–H groups in total. The van der Waals surface area contributed by atoms with Crippen LogP contribution in [0.1, 0.15) is 12.0 Å². The molecular formula is C15H20N4O. The summed E-state index contributed by atoms with van der Waals surface area (Å²) in [5.74, 6) is 0.866. The van der Waals surface area contributed by atoms with E-state index in [2.05, 4.69) is 10.3 Å². The Morgan fingerprint density at radius 1 is 1.40 bits per heavy atom. The Bertz CT molecular complexity index is 612. The summed E-state index contributed by atoms with van der Waals surface area (Å²) in [7, 11) is 3.57. The van der Waals surface area contributed by atoms with Gasteiger partial charge in [0.05, 0.1) is 5.52 Å². The first-order chi connectivity index (χ1) is 9.65. The van der Waals surface area contributed by atoms with Crippen LogP contribution in [0.5, 0.6) is 0 Å². The lowest BCUT2D eigenvalue weighted by Gasteiger charge is -2.19. The van der Waals surface area contributed by atoms with Gasteiger partial charge in [0.15, 0.2) is 0 Å². The van der Waals surface area contributed by atoms with Crippen molar-refractivity contribution in [2.75, 3.05) is 25.5 Å². The fourth-order valence-corrected chi connectivity index (χ4v) is 2.11. The topological polar surface area (TPSA) is 71.2 Å². The SMILES string of the molecule is CNC(=O)CCN(C)c1cc(CN)c2ccccc2n1. The predicted molar refractivity (Wildman–Crippen MR) is 81.6 cm³/mol. The summed E-state index contributed by atoms with van der Waals surface area (Å²) in [6, 6.07) is 9.94. The van der Waals surface area contributed by atoms with E-state index in [9.17, 15) is 4.79 Å². The Morgan fingerprint density at radius 2 is 2.15 bits per heavy atom. The van der Waals surface area contributed by atoms with E-state index in [1.807, 2.05) is 42.3 Å². The largest absolute Gasteiger partial charge is 0.359 e. The second-order valence-electron chi connectivity index (χ2n) is 4.71. The van der Waals surface area contributed by atoms with Crippen LogP contribution in [-0.2, 0) is 11.3 Å². The maximum atomic E-state index is 11.3. The molecule has 0 spiro atoms. The number of amides is 1. The van der Waals surface area contributed by atoms with E-state index in [1.54, 1.807) is 7.05 Å². The van der Waals surface area contributed by atoms with Crippen molar-refractivity contribution in [3.05, 3.63) is 35.9 Å². The third-order valence-electron chi connectivity index (χ3n) is 3.35. The number of rotatable bonds is 5. The van der Waals surface area contributed by atoms with Crippen LogP contribution in [0.15, 0.2) is 30.3 Å². The van der Waals surface area contributed by atoms with Gasteiger partial charge in [-0.2, -0.15) is 0 Å². The highest BCUT2D eigenvalue weighted by Gasteiger charge is 2.09. The zero-order chi connectivity index (χ0) is 14.5. The third kappa shape index (κ3) is 3.05. The minimum Gasteiger partial charge on any atom is -0.359 e. The number of carbonyl (C=O) groups excluding carboxylic acids is 1. The first-order valence-corrected chi connectivity index (χ1v) is 6.66. The maximum Gasteiger partial charge on any atom is 0.221 e. The molecule has 1 aromatic heterocycles. The molecule has 0 saturated heterocycles. The van der Waals surface area contributed by atoms with Crippen LogP contribution in [-0.4, -0.2) is 31.5 Å². The zero-order valence-electron chi connectivity index (χ0n) is 11.9. The second-order valence-corrected chi connectivity index (χ2v) is 4.71. The Hall–Kier alpha value is -2.14. The van der Waals surface area contributed by atoms with E-state index in [1.165, 1.54) is 0 Å². The van der Waals surface area contributed by atoms with Gasteiger partial charge in [-0.05, 0) is 17.7 Å². The summed E-state index contributed by atoms with van der Waals surface area (Å²) in [5, 5.41) is 3.70. The maximum absolute atomic E-state index is 11.3. The number of nitrogens with zero attached hydrogens (tertiary/aromatic N) is 2. The number of aromatic nitrogens is 1. The summed E-state index contributed by atoms with van der Waals surface area (Å²) >= 11 is 0. The summed E-state index contributed by atoms with van der Waals surface area (Å²) in [6.07, 6.45) is 0.444. The van der Waals surface area contributed by atoms with E-state index < -0.39 is 0 Å². The van der Waals surface area contributed by atoms with Gasteiger partial charge in [0, 0.05) is 39.0 Å². The van der Waals surface area contributed by atoms with Crippen LogP contribution < -0.4 is 16.0 Å². The molecule has 0 unspecified atom stereocenters. The van der Waals surface area contributed by atoms with Crippen LogP contribution in [0.4, 0.5) is 5.82 Å². The number of benzene rings is 1. The quantitative estimate of drug-likeness (QED) is 0.859. The number of para-hydroxylation sites is 1. The first kappa shape index (κ1) is 14.3. The van der Waals surface area contributed by atoms with Gasteiger partial charge in [-0.25, -0.2) is 4.98 Å². The molecule has 2 rings (SSSR count). The Balaban J connectivity index is 2.27.